The Balaban J connectivity index is 1.27. The van der Waals surface area contributed by atoms with Crippen molar-refractivity contribution in [3.05, 3.63) is 261 Å². The van der Waals surface area contributed by atoms with E-state index in [1.165, 1.54) is 42.5 Å². The summed E-state index contributed by atoms with van der Waals surface area (Å²) in [6.07, 6.45) is -4.86. The average Bonchev–Trinajstić information content (AvgIpc) is 2.68. The fourth-order valence-corrected chi connectivity index (χ4v) is 11.2. The maximum absolute atomic E-state index is 15.5. The number of hydrogen-bond donors (Lipinski definition) is 0. The van der Waals surface area contributed by atoms with Crippen LogP contribution in [0.15, 0.2) is 182 Å². The zero-order valence-corrected chi connectivity index (χ0v) is 43.4. The van der Waals surface area contributed by atoms with Crippen LogP contribution >= 0.6 is 0 Å². The summed E-state index contributed by atoms with van der Waals surface area (Å²) in [4.78, 5) is 14.6. The molecule has 12 rings (SSSR count). The Kier molecular flexibility index (Phi) is 12.5. The van der Waals surface area contributed by atoms with Crippen molar-refractivity contribution in [2.45, 2.75) is 6.18 Å². The van der Waals surface area contributed by atoms with Gasteiger partial charge in [0.1, 0.15) is 11.6 Å². The average molecular weight is 1080 g/mol. The van der Waals surface area contributed by atoms with Crippen molar-refractivity contribution in [1.82, 2.24) is 9.13 Å². The molecule has 2 heterocycles. The molecule has 11 nitrogen and oxygen atoms in total. The van der Waals surface area contributed by atoms with E-state index in [4.69, 9.17) is 26.3 Å². The SMILES string of the molecule is [C-]#[N+]c1ccc(-c2ccc3c4ccc(-c5ccc(C#N)cc5C#N)cc4n(-c4cc(-c5ccccc5C(F)(F)F)cc(-n5c6cc(-c7ccc(C#N)cc7C#N)ccc6c6ccc(-c7ccc([N+]#[C-])cc7[N+]#[C-])cc65)c4C#N)c3c2)c([N+]#[C-])c1. The molecular formula is C70H30F3N11. The van der Waals surface area contributed by atoms with Crippen LogP contribution in [0.1, 0.15) is 33.4 Å². The van der Waals surface area contributed by atoms with Crippen LogP contribution in [0.25, 0.3) is 130 Å². The van der Waals surface area contributed by atoms with Crippen molar-refractivity contribution in [2.75, 3.05) is 0 Å². The topological polar surface area (TPSA) is 146 Å². The van der Waals surface area contributed by atoms with Crippen molar-refractivity contribution in [3.63, 3.8) is 0 Å². The van der Waals surface area contributed by atoms with Gasteiger partial charge in [-0.15, -0.1) is 0 Å². The first kappa shape index (κ1) is 51.7. The van der Waals surface area contributed by atoms with Gasteiger partial charge < -0.3 is 9.13 Å². The van der Waals surface area contributed by atoms with E-state index in [0.29, 0.717) is 88.1 Å². The minimum Gasteiger partial charge on any atom is -0.308 e. The first-order chi connectivity index (χ1) is 40.8. The summed E-state index contributed by atoms with van der Waals surface area (Å²) in [6.45, 7) is 31.6. The summed E-state index contributed by atoms with van der Waals surface area (Å²) in [5.74, 6) is 0. The first-order valence-electron chi connectivity index (χ1n) is 25.5. The Morgan fingerprint density at radius 3 is 1.11 bits per heavy atom. The van der Waals surface area contributed by atoms with Crippen molar-refractivity contribution in [1.29, 1.82) is 26.3 Å². The number of nitrogens with zero attached hydrogens (tertiary/aromatic N) is 11. The lowest BCUT2D eigenvalue weighted by Crippen LogP contribution is -2.09. The van der Waals surface area contributed by atoms with Gasteiger partial charge >= 0.3 is 6.18 Å². The second-order valence-corrected chi connectivity index (χ2v) is 19.5. The molecule has 2 aromatic heterocycles. The minimum atomic E-state index is -4.86. The Bertz CT molecular complexity index is 4760. The Morgan fingerprint density at radius 2 is 0.750 bits per heavy atom. The van der Waals surface area contributed by atoms with Gasteiger partial charge in [0.05, 0.1) is 112 Å². The smallest absolute Gasteiger partial charge is 0.308 e. The van der Waals surface area contributed by atoms with Crippen LogP contribution in [0.3, 0.4) is 0 Å². The maximum atomic E-state index is 15.5. The van der Waals surface area contributed by atoms with Gasteiger partial charge in [-0.3, -0.25) is 0 Å². The van der Waals surface area contributed by atoms with Crippen LogP contribution in [-0.2, 0) is 6.18 Å². The molecule has 0 atom stereocenters. The summed E-state index contributed by atoms with van der Waals surface area (Å²) >= 11 is 0. The molecule has 12 aromatic rings. The summed E-state index contributed by atoms with van der Waals surface area (Å²) in [5, 5.41) is 55.0. The molecule has 0 unspecified atom stereocenters. The molecule has 0 amide bonds. The summed E-state index contributed by atoms with van der Waals surface area (Å²) in [6, 6.07) is 60.3. The number of benzene rings is 10. The zero-order chi connectivity index (χ0) is 58.6. The molecule has 0 saturated heterocycles. The Hall–Kier alpha value is -13.0. The molecule has 0 spiro atoms. The predicted octanol–water partition coefficient (Wildman–Crippen LogP) is 18.8. The highest BCUT2D eigenvalue weighted by atomic mass is 19.4. The van der Waals surface area contributed by atoms with Crippen LogP contribution in [0.5, 0.6) is 0 Å². The van der Waals surface area contributed by atoms with E-state index in [9.17, 15) is 26.3 Å². The molecule has 10 aromatic carbocycles. The highest BCUT2D eigenvalue weighted by Gasteiger charge is 2.34. The van der Waals surface area contributed by atoms with Gasteiger partial charge in [-0.25, -0.2) is 19.4 Å². The lowest BCUT2D eigenvalue weighted by Gasteiger charge is -2.20. The van der Waals surface area contributed by atoms with Crippen molar-refractivity contribution < 1.29 is 13.2 Å². The zero-order valence-electron chi connectivity index (χ0n) is 43.4. The van der Waals surface area contributed by atoms with Gasteiger partial charge in [-0.1, -0.05) is 115 Å². The molecule has 386 valence electrons. The molecule has 0 aliphatic carbocycles. The van der Waals surface area contributed by atoms with Gasteiger partial charge in [0.15, 0.2) is 22.7 Å². The van der Waals surface area contributed by atoms with E-state index in [-0.39, 0.29) is 73.1 Å². The molecule has 14 heteroatoms. The largest absolute Gasteiger partial charge is 0.417 e. The number of rotatable bonds is 7. The van der Waals surface area contributed by atoms with E-state index in [1.54, 1.807) is 69.8 Å². The highest BCUT2D eigenvalue weighted by molar-refractivity contribution is 6.14. The number of hydrogen-bond acceptors (Lipinski definition) is 5. The number of halogens is 3. The fraction of sp³-hybridized carbons (Fsp3) is 0.0143. The fourth-order valence-electron chi connectivity index (χ4n) is 11.2. The second-order valence-electron chi connectivity index (χ2n) is 19.5. The van der Waals surface area contributed by atoms with E-state index < -0.39 is 11.7 Å². The number of alkyl halides is 3. The standard InChI is InChI=1S/C70H30F3N11/c1-79-49-15-23-54(62(33-49)81-3)44-13-21-58-56-19-11-42(51-17-9-40(35-74)25-47(51)37-76)27-64(56)83(66(58)29-44)68-31-46(53-7-5-6-8-61(53)70(71,72)73)32-69(60(68)39-78)84-65-28-43(52-18-10-41(36-75)26-48(52)38-77)12-20-57(65)59-22-14-45(30-67(59)84)55-24-16-50(80-2)34-63(55)82-4/h5-34H. The van der Waals surface area contributed by atoms with Crippen molar-refractivity contribution >= 4 is 66.4 Å². The van der Waals surface area contributed by atoms with Gasteiger partial charge in [0.25, 0.3) is 0 Å². The van der Waals surface area contributed by atoms with E-state index in [2.05, 4.69) is 49.7 Å². The van der Waals surface area contributed by atoms with Crippen LogP contribution in [0.4, 0.5) is 35.9 Å². The summed E-state index contributed by atoms with van der Waals surface area (Å²) < 4.78 is 50.1. The van der Waals surface area contributed by atoms with E-state index >= 15 is 13.2 Å². The normalized spacial score (nSPS) is 10.9. The molecular weight excluding hydrogens is 1050 g/mol. The lowest BCUT2D eigenvalue weighted by molar-refractivity contribution is -0.137. The Labute approximate surface area is 477 Å². The maximum Gasteiger partial charge on any atom is 0.417 e. The van der Waals surface area contributed by atoms with Gasteiger partial charge in [0.2, 0.25) is 0 Å². The van der Waals surface area contributed by atoms with Crippen LogP contribution in [-0.4, -0.2) is 9.13 Å². The van der Waals surface area contributed by atoms with Crippen LogP contribution in [0, 0.1) is 82.9 Å². The van der Waals surface area contributed by atoms with E-state index in [1.807, 2.05) is 72.8 Å². The molecule has 0 radical (unpaired) electrons. The summed E-state index contributed by atoms with van der Waals surface area (Å²) in [7, 11) is 0. The second kappa shape index (κ2) is 20.3. The number of fused-ring (bicyclic) bond motifs is 6. The first-order valence-corrected chi connectivity index (χ1v) is 25.5. The van der Waals surface area contributed by atoms with Gasteiger partial charge in [-0.2, -0.15) is 39.5 Å². The predicted molar refractivity (Wildman–Crippen MR) is 316 cm³/mol. The minimum absolute atomic E-state index is 0.00820. The molecule has 0 bridgehead atoms. The van der Waals surface area contributed by atoms with Crippen LogP contribution in [0.2, 0.25) is 0 Å². The van der Waals surface area contributed by atoms with E-state index in [0.717, 1.165) is 6.07 Å². The molecule has 84 heavy (non-hydrogen) atoms. The third-order valence-electron chi connectivity index (χ3n) is 15.0. The summed E-state index contributed by atoms with van der Waals surface area (Å²) in [5.41, 5.74) is 7.02. The molecule has 0 saturated carbocycles. The monoisotopic (exact) mass is 1080 g/mol. The third kappa shape index (κ3) is 8.48. The van der Waals surface area contributed by atoms with Crippen LogP contribution < -0.4 is 0 Å². The number of nitriles is 5. The third-order valence-corrected chi connectivity index (χ3v) is 15.0. The number of aromatic nitrogens is 2. The van der Waals surface area contributed by atoms with Crippen molar-refractivity contribution in [3.8, 4) is 97.4 Å². The lowest BCUT2D eigenvalue weighted by atomic mass is 9.95. The Morgan fingerprint density at radius 1 is 0.357 bits per heavy atom. The van der Waals surface area contributed by atoms with Crippen molar-refractivity contribution in [2.24, 2.45) is 0 Å². The molecule has 0 aliphatic heterocycles. The van der Waals surface area contributed by atoms with Gasteiger partial charge in [-0.05, 0) is 122 Å². The van der Waals surface area contributed by atoms with Gasteiger partial charge in [0, 0.05) is 21.5 Å². The molecule has 0 fully saturated rings. The highest BCUT2D eigenvalue weighted by Crippen LogP contribution is 2.47. The quantitative estimate of drug-likeness (QED) is 0.146. The molecule has 0 aliphatic rings. The molecule has 0 N–H and O–H groups in total.